The zero-order valence-electron chi connectivity index (χ0n) is 12.5. The van der Waals surface area contributed by atoms with Gasteiger partial charge in [0.25, 0.3) is 0 Å². The van der Waals surface area contributed by atoms with Crippen molar-refractivity contribution in [3.05, 3.63) is 59.2 Å². The molecule has 1 aliphatic rings. The molecule has 6 heteroatoms. The van der Waals surface area contributed by atoms with Crippen LogP contribution in [0.15, 0.2) is 47.6 Å². The molecule has 118 valence electrons. The minimum Gasteiger partial charge on any atom is -0.465 e. The summed E-state index contributed by atoms with van der Waals surface area (Å²) in [4.78, 5) is 16.6. The van der Waals surface area contributed by atoms with E-state index >= 15 is 0 Å². The van der Waals surface area contributed by atoms with E-state index < -0.39 is 0 Å². The van der Waals surface area contributed by atoms with Crippen LogP contribution in [0.1, 0.15) is 21.5 Å². The number of hydrogen-bond acceptors (Lipinski definition) is 6. The Labute approximate surface area is 133 Å². The highest BCUT2D eigenvalue weighted by Crippen LogP contribution is 2.32. The van der Waals surface area contributed by atoms with Crippen molar-refractivity contribution in [3.63, 3.8) is 0 Å². The molecule has 0 aliphatic carbocycles. The lowest BCUT2D eigenvalue weighted by Crippen LogP contribution is -2.00. The van der Waals surface area contributed by atoms with Crippen molar-refractivity contribution in [3.8, 4) is 11.5 Å². The van der Waals surface area contributed by atoms with E-state index in [2.05, 4.69) is 9.89 Å². The zero-order valence-corrected chi connectivity index (χ0v) is 12.5. The van der Waals surface area contributed by atoms with Gasteiger partial charge in [0.15, 0.2) is 11.5 Å². The molecule has 0 saturated carbocycles. The van der Waals surface area contributed by atoms with Gasteiger partial charge in [-0.2, -0.15) is 0 Å². The first kappa shape index (κ1) is 14.9. The Hall–Kier alpha value is -3.02. The zero-order chi connectivity index (χ0) is 16.1. The molecule has 6 nitrogen and oxygen atoms in total. The van der Waals surface area contributed by atoms with Crippen molar-refractivity contribution in [2.75, 3.05) is 13.9 Å². The van der Waals surface area contributed by atoms with Gasteiger partial charge in [0, 0.05) is 0 Å². The van der Waals surface area contributed by atoms with E-state index in [1.165, 1.54) is 7.11 Å². The lowest BCUT2D eigenvalue weighted by atomic mass is 10.1. The second-order valence-corrected chi connectivity index (χ2v) is 4.81. The molecule has 0 spiro atoms. The molecule has 0 unspecified atom stereocenters. The number of fused-ring (bicyclic) bond motifs is 1. The van der Waals surface area contributed by atoms with E-state index in [0.29, 0.717) is 17.9 Å². The Balaban J connectivity index is 1.54. The van der Waals surface area contributed by atoms with Crippen molar-refractivity contribution in [1.29, 1.82) is 0 Å². The summed E-state index contributed by atoms with van der Waals surface area (Å²) < 4.78 is 15.2. The minimum absolute atomic E-state index is 0.249. The first-order valence-electron chi connectivity index (χ1n) is 6.98. The quantitative estimate of drug-likeness (QED) is 0.482. The number of carbonyl (C=O) groups excluding carboxylic acids is 1. The molecule has 0 fully saturated rings. The predicted molar refractivity (Wildman–Crippen MR) is 82.7 cm³/mol. The van der Waals surface area contributed by atoms with E-state index in [1.807, 2.05) is 18.2 Å². The lowest BCUT2D eigenvalue weighted by molar-refractivity contribution is 0.0600. The smallest absolute Gasteiger partial charge is 0.337 e. The van der Waals surface area contributed by atoms with Gasteiger partial charge in [0.1, 0.15) is 6.61 Å². The van der Waals surface area contributed by atoms with Crippen LogP contribution in [0.3, 0.4) is 0 Å². The summed E-state index contributed by atoms with van der Waals surface area (Å²) in [7, 11) is 1.35. The van der Waals surface area contributed by atoms with Gasteiger partial charge in [-0.1, -0.05) is 23.4 Å². The normalized spacial score (nSPS) is 12.4. The number of oxime groups is 1. The molecule has 0 amide bonds. The van der Waals surface area contributed by atoms with Crippen LogP contribution in [-0.2, 0) is 16.2 Å². The van der Waals surface area contributed by atoms with Crippen molar-refractivity contribution < 1.29 is 23.8 Å². The monoisotopic (exact) mass is 313 g/mol. The second-order valence-electron chi connectivity index (χ2n) is 4.81. The van der Waals surface area contributed by atoms with Crippen LogP contribution >= 0.6 is 0 Å². The van der Waals surface area contributed by atoms with Crippen LogP contribution in [-0.4, -0.2) is 26.1 Å². The number of hydrogen-bond donors (Lipinski definition) is 0. The van der Waals surface area contributed by atoms with E-state index in [1.54, 1.807) is 30.5 Å². The fourth-order valence-electron chi connectivity index (χ4n) is 2.06. The first-order chi connectivity index (χ1) is 11.3. The molecular weight excluding hydrogens is 298 g/mol. The highest BCUT2D eigenvalue weighted by Gasteiger charge is 2.13. The van der Waals surface area contributed by atoms with Crippen LogP contribution in [0.2, 0.25) is 0 Å². The van der Waals surface area contributed by atoms with Crippen molar-refractivity contribution >= 4 is 12.2 Å². The largest absolute Gasteiger partial charge is 0.465 e. The fourth-order valence-corrected chi connectivity index (χ4v) is 2.06. The maximum atomic E-state index is 11.3. The summed E-state index contributed by atoms with van der Waals surface area (Å²) in [6.07, 6.45) is 1.58. The number of carbonyl (C=O) groups is 1. The van der Waals surface area contributed by atoms with Crippen LogP contribution in [0.25, 0.3) is 0 Å². The Kier molecular flexibility index (Phi) is 4.42. The van der Waals surface area contributed by atoms with E-state index in [0.717, 1.165) is 16.9 Å². The molecular formula is C17H15NO5. The molecule has 3 rings (SSSR count). The van der Waals surface area contributed by atoms with E-state index in [9.17, 15) is 4.79 Å². The van der Waals surface area contributed by atoms with Crippen LogP contribution in [0, 0.1) is 0 Å². The summed E-state index contributed by atoms with van der Waals surface area (Å²) in [5.74, 6) is 1.09. The van der Waals surface area contributed by atoms with Crippen LogP contribution in [0.4, 0.5) is 0 Å². The molecule has 0 N–H and O–H groups in total. The molecule has 0 radical (unpaired) electrons. The topological polar surface area (TPSA) is 66.4 Å². The molecule has 0 aromatic heterocycles. The molecule has 0 bridgehead atoms. The third-order valence-corrected chi connectivity index (χ3v) is 3.28. The lowest BCUT2D eigenvalue weighted by Gasteiger charge is -2.02. The van der Waals surface area contributed by atoms with Gasteiger partial charge in [-0.3, -0.25) is 0 Å². The summed E-state index contributed by atoms with van der Waals surface area (Å²) in [6, 6.07) is 12.5. The number of benzene rings is 2. The molecule has 0 saturated heterocycles. The predicted octanol–water partition coefficient (Wildman–Crippen LogP) is 2.75. The van der Waals surface area contributed by atoms with Gasteiger partial charge >= 0.3 is 5.97 Å². The molecule has 2 aromatic carbocycles. The summed E-state index contributed by atoms with van der Waals surface area (Å²) in [5.41, 5.74) is 2.25. The number of ether oxygens (including phenoxy) is 3. The summed E-state index contributed by atoms with van der Waals surface area (Å²) in [6.45, 7) is 0.576. The molecule has 1 heterocycles. The maximum absolute atomic E-state index is 11.3. The third kappa shape index (κ3) is 3.60. The number of nitrogens with zero attached hydrogens (tertiary/aromatic N) is 1. The Morgan fingerprint density at radius 3 is 2.74 bits per heavy atom. The van der Waals surface area contributed by atoms with Crippen LogP contribution < -0.4 is 9.47 Å². The van der Waals surface area contributed by atoms with Gasteiger partial charge in [-0.15, -0.1) is 0 Å². The summed E-state index contributed by atoms with van der Waals surface area (Å²) >= 11 is 0. The average molecular weight is 313 g/mol. The van der Waals surface area contributed by atoms with Crippen molar-refractivity contribution in [2.24, 2.45) is 5.16 Å². The number of esters is 1. The first-order valence-corrected chi connectivity index (χ1v) is 6.98. The van der Waals surface area contributed by atoms with E-state index in [-0.39, 0.29) is 12.8 Å². The minimum atomic E-state index is -0.368. The Bertz CT molecular complexity index is 724. The van der Waals surface area contributed by atoms with Gasteiger partial charge in [0.05, 0.1) is 18.9 Å². The summed E-state index contributed by atoms with van der Waals surface area (Å²) in [5, 5.41) is 3.91. The molecule has 1 aliphatic heterocycles. The standard InChI is InChI=1S/C17H15NO5/c1-20-17(19)14-5-2-12(3-6-14)9-18-23-10-13-4-7-15-16(8-13)22-11-21-15/h2-9H,10-11H2,1H3/b18-9+. The highest BCUT2D eigenvalue weighted by atomic mass is 16.7. The van der Waals surface area contributed by atoms with Gasteiger partial charge in [-0.25, -0.2) is 4.79 Å². The van der Waals surface area contributed by atoms with Crippen LogP contribution in [0.5, 0.6) is 11.5 Å². The number of methoxy groups -OCH3 is 1. The SMILES string of the molecule is COC(=O)c1ccc(/C=N/OCc2ccc3c(c2)OCO3)cc1. The van der Waals surface area contributed by atoms with E-state index in [4.69, 9.17) is 14.3 Å². The maximum Gasteiger partial charge on any atom is 0.337 e. The Morgan fingerprint density at radius 2 is 1.96 bits per heavy atom. The van der Waals surface area contributed by atoms with Gasteiger partial charge in [-0.05, 0) is 35.4 Å². The van der Waals surface area contributed by atoms with Crippen molar-refractivity contribution in [2.45, 2.75) is 6.61 Å². The molecule has 0 atom stereocenters. The van der Waals surface area contributed by atoms with Crippen molar-refractivity contribution in [1.82, 2.24) is 0 Å². The van der Waals surface area contributed by atoms with Gasteiger partial charge < -0.3 is 19.0 Å². The third-order valence-electron chi connectivity index (χ3n) is 3.28. The average Bonchev–Trinajstić information content (AvgIpc) is 3.06. The van der Waals surface area contributed by atoms with Gasteiger partial charge in [0.2, 0.25) is 6.79 Å². The number of rotatable bonds is 5. The fraction of sp³-hybridized carbons (Fsp3) is 0.176. The molecule has 23 heavy (non-hydrogen) atoms. The Morgan fingerprint density at radius 1 is 1.17 bits per heavy atom. The second kappa shape index (κ2) is 6.83. The molecule has 2 aromatic rings. The highest BCUT2D eigenvalue weighted by molar-refractivity contribution is 5.90.